The predicted octanol–water partition coefficient (Wildman–Crippen LogP) is 3.94. The molecule has 0 aliphatic carbocycles. The molecular formula is C14H20Br2N2O2. The lowest BCUT2D eigenvalue weighted by Gasteiger charge is -2.16. The minimum absolute atomic E-state index is 0.00696. The summed E-state index contributed by atoms with van der Waals surface area (Å²) in [6.45, 7) is 4.37. The first kappa shape index (κ1) is 17.3. The van der Waals surface area contributed by atoms with E-state index in [0.29, 0.717) is 0 Å². The van der Waals surface area contributed by atoms with E-state index >= 15 is 0 Å². The quantitative estimate of drug-likeness (QED) is 0.719. The van der Waals surface area contributed by atoms with Gasteiger partial charge in [-0.15, -0.1) is 0 Å². The lowest BCUT2D eigenvalue weighted by Crippen LogP contribution is -2.37. The molecule has 0 aromatic heterocycles. The van der Waals surface area contributed by atoms with Gasteiger partial charge < -0.3 is 15.4 Å². The number of rotatable bonds is 7. The molecule has 0 saturated carbocycles. The van der Waals surface area contributed by atoms with E-state index in [9.17, 15) is 4.79 Å². The standard InChI is InChI=1S/C14H20Br2N2O2/c1-4-9(5-2)18-14(19)8-17-12-7-13(20-3)11(16)6-10(12)15/h6-7,9,17H,4-5,8H2,1-3H3,(H,18,19). The Kier molecular flexibility index (Phi) is 7.37. The summed E-state index contributed by atoms with van der Waals surface area (Å²) in [6, 6.07) is 3.98. The molecule has 0 aliphatic heterocycles. The fourth-order valence-corrected chi connectivity index (χ4v) is 3.06. The van der Waals surface area contributed by atoms with Gasteiger partial charge in [0.25, 0.3) is 0 Å². The van der Waals surface area contributed by atoms with Crippen LogP contribution in [-0.4, -0.2) is 25.6 Å². The third-order valence-electron chi connectivity index (χ3n) is 3.03. The maximum absolute atomic E-state index is 11.8. The summed E-state index contributed by atoms with van der Waals surface area (Å²) < 4.78 is 6.97. The van der Waals surface area contributed by atoms with Crippen LogP contribution in [0.2, 0.25) is 0 Å². The van der Waals surface area contributed by atoms with Crippen LogP contribution < -0.4 is 15.4 Å². The molecule has 0 radical (unpaired) electrons. The summed E-state index contributed by atoms with van der Waals surface area (Å²) in [7, 11) is 1.61. The van der Waals surface area contributed by atoms with Crippen LogP contribution in [0.3, 0.4) is 0 Å². The lowest BCUT2D eigenvalue weighted by molar-refractivity contribution is -0.120. The Morgan fingerprint density at radius 3 is 2.45 bits per heavy atom. The molecule has 1 aromatic carbocycles. The van der Waals surface area contributed by atoms with Crippen LogP contribution in [-0.2, 0) is 4.79 Å². The molecule has 0 fully saturated rings. The average molecular weight is 408 g/mol. The minimum Gasteiger partial charge on any atom is -0.495 e. The van der Waals surface area contributed by atoms with Crippen molar-refractivity contribution in [2.24, 2.45) is 0 Å². The molecule has 0 unspecified atom stereocenters. The van der Waals surface area contributed by atoms with Crippen molar-refractivity contribution < 1.29 is 9.53 Å². The number of hydrogen-bond acceptors (Lipinski definition) is 3. The van der Waals surface area contributed by atoms with Crippen molar-refractivity contribution in [1.29, 1.82) is 0 Å². The number of ether oxygens (including phenoxy) is 1. The summed E-state index contributed by atoms with van der Waals surface area (Å²) in [5, 5.41) is 6.10. The molecule has 1 amide bonds. The number of benzene rings is 1. The topological polar surface area (TPSA) is 50.4 Å². The molecule has 1 rings (SSSR count). The molecule has 0 aliphatic rings. The molecule has 0 spiro atoms. The lowest BCUT2D eigenvalue weighted by atomic mass is 10.2. The molecule has 0 atom stereocenters. The third kappa shape index (κ3) is 4.98. The summed E-state index contributed by atoms with van der Waals surface area (Å²) in [6.07, 6.45) is 1.89. The van der Waals surface area contributed by atoms with E-state index in [1.165, 1.54) is 0 Å². The molecule has 0 bridgehead atoms. The first-order valence-corrected chi connectivity index (χ1v) is 8.16. The van der Waals surface area contributed by atoms with Crippen LogP contribution in [0.4, 0.5) is 5.69 Å². The Morgan fingerprint density at radius 1 is 1.25 bits per heavy atom. The summed E-state index contributed by atoms with van der Waals surface area (Å²) in [5.41, 5.74) is 0.824. The van der Waals surface area contributed by atoms with Crippen molar-refractivity contribution in [3.8, 4) is 5.75 Å². The van der Waals surface area contributed by atoms with Gasteiger partial charge in [0.2, 0.25) is 5.91 Å². The average Bonchev–Trinajstić information content (AvgIpc) is 2.43. The number of halogens is 2. The molecule has 0 saturated heterocycles. The van der Waals surface area contributed by atoms with Gasteiger partial charge in [-0.2, -0.15) is 0 Å². The highest BCUT2D eigenvalue weighted by Crippen LogP contribution is 2.34. The maximum atomic E-state index is 11.8. The Balaban J connectivity index is 2.63. The zero-order valence-corrected chi connectivity index (χ0v) is 15.1. The molecule has 20 heavy (non-hydrogen) atoms. The van der Waals surface area contributed by atoms with E-state index in [2.05, 4.69) is 56.3 Å². The smallest absolute Gasteiger partial charge is 0.239 e. The second-order valence-corrected chi connectivity index (χ2v) is 6.11. The summed E-state index contributed by atoms with van der Waals surface area (Å²) >= 11 is 6.87. The predicted molar refractivity (Wildman–Crippen MR) is 89.4 cm³/mol. The molecule has 6 heteroatoms. The Bertz CT molecular complexity index is 463. The number of amides is 1. The fourth-order valence-electron chi connectivity index (χ4n) is 1.77. The van der Waals surface area contributed by atoms with E-state index in [0.717, 1.165) is 33.2 Å². The Morgan fingerprint density at radius 2 is 1.90 bits per heavy atom. The molecule has 112 valence electrons. The van der Waals surface area contributed by atoms with E-state index < -0.39 is 0 Å². The molecule has 2 N–H and O–H groups in total. The Hall–Kier alpha value is -0.750. The number of anilines is 1. The van der Waals surface area contributed by atoms with Crippen LogP contribution in [0.15, 0.2) is 21.1 Å². The number of carbonyl (C=O) groups excluding carboxylic acids is 1. The molecule has 4 nitrogen and oxygen atoms in total. The van der Waals surface area contributed by atoms with Crippen molar-refractivity contribution in [3.05, 3.63) is 21.1 Å². The molecular weight excluding hydrogens is 388 g/mol. The first-order chi connectivity index (χ1) is 9.51. The van der Waals surface area contributed by atoms with Gasteiger partial charge in [-0.05, 0) is 50.8 Å². The third-order valence-corrected chi connectivity index (χ3v) is 4.31. The van der Waals surface area contributed by atoms with Gasteiger partial charge in [0.05, 0.1) is 23.8 Å². The minimum atomic E-state index is -0.00696. The van der Waals surface area contributed by atoms with Crippen LogP contribution in [0.5, 0.6) is 5.75 Å². The maximum Gasteiger partial charge on any atom is 0.239 e. The van der Waals surface area contributed by atoms with Crippen molar-refractivity contribution in [3.63, 3.8) is 0 Å². The number of carbonyl (C=O) groups is 1. The van der Waals surface area contributed by atoms with Gasteiger partial charge in [-0.3, -0.25) is 4.79 Å². The van der Waals surface area contributed by atoms with Gasteiger partial charge in [-0.1, -0.05) is 13.8 Å². The monoisotopic (exact) mass is 406 g/mol. The highest BCUT2D eigenvalue weighted by atomic mass is 79.9. The molecule has 1 aromatic rings. The first-order valence-electron chi connectivity index (χ1n) is 6.58. The highest BCUT2D eigenvalue weighted by Gasteiger charge is 2.10. The van der Waals surface area contributed by atoms with Crippen molar-refractivity contribution in [2.75, 3.05) is 19.0 Å². The van der Waals surface area contributed by atoms with E-state index in [1.807, 2.05) is 12.1 Å². The zero-order chi connectivity index (χ0) is 15.1. The number of methoxy groups -OCH3 is 1. The number of hydrogen-bond donors (Lipinski definition) is 2. The van der Waals surface area contributed by atoms with Crippen LogP contribution >= 0.6 is 31.9 Å². The highest BCUT2D eigenvalue weighted by molar-refractivity contribution is 9.11. The van der Waals surface area contributed by atoms with Crippen LogP contribution in [0, 0.1) is 0 Å². The van der Waals surface area contributed by atoms with Gasteiger partial charge in [0.1, 0.15) is 5.75 Å². The van der Waals surface area contributed by atoms with Gasteiger partial charge in [0.15, 0.2) is 0 Å². The van der Waals surface area contributed by atoms with Crippen LogP contribution in [0.1, 0.15) is 26.7 Å². The Labute approximate surface area is 136 Å². The second-order valence-electron chi connectivity index (χ2n) is 4.40. The van der Waals surface area contributed by atoms with Crippen molar-refractivity contribution in [1.82, 2.24) is 5.32 Å². The van der Waals surface area contributed by atoms with E-state index in [-0.39, 0.29) is 18.5 Å². The normalized spacial score (nSPS) is 10.5. The van der Waals surface area contributed by atoms with Crippen molar-refractivity contribution >= 4 is 43.5 Å². The summed E-state index contributed by atoms with van der Waals surface area (Å²) in [4.78, 5) is 11.8. The van der Waals surface area contributed by atoms with Gasteiger partial charge in [-0.25, -0.2) is 0 Å². The summed E-state index contributed by atoms with van der Waals surface area (Å²) in [5.74, 6) is 0.712. The van der Waals surface area contributed by atoms with E-state index in [1.54, 1.807) is 7.11 Å². The SMILES string of the molecule is CCC(CC)NC(=O)CNc1cc(OC)c(Br)cc1Br. The fraction of sp³-hybridized carbons (Fsp3) is 0.500. The van der Waals surface area contributed by atoms with Crippen LogP contribution in [0.25, 0.3) is 0 Å². The second kappa shape index (κ2) is 8.52. The van der Waals surface area contributed by atoms with Crippen molar-refractivity contribution in [2.45, 2.75) is 32.7 Å². The van der Waals surface area contributed by atoms with E-state index in [4.69, 9.17) is 4.74 Å². The van der Waals surface area contributed by atoms with Gasteiger partial charge >= 0.3 is 0 Å². The van der Waals surface area contributed by atoms with Gasteiger partial charge in [0, 0.05) is 16.6 Å². The largest absolute Gasteiger partial charge is 0.495 e. The molecule has 0 heterocycles. The number of nitrogens with one attached hydrogen (secondary N) is 2. The zero-order valence-electron chi connectivity index (χ0n) is 11.9.